The molecule has 1 amide bonds. The van der Waals surface area contributed by atoms with Crippen molar-refractivity contribution in [1.29, 1.82) is 0 Å². The number of benzene rings is 1. The molecule has 1 aromatic rings. The number of alkyl halides is 3. The minimum atomic E-state index is -2.62. The van der Waals surface area contributed by atoms with Crippen molar-refractivity contribution in [3.8, 4) is 18.1 Å². The van der Waals surface area contributed by atoms with Crippen LogP contribution >= 0.6 is 38.5 Å². The van der Waals surface area contributed by atoms with Crippen LogP contribution in [0.1, 0.15) is 12.0 Å². The number of nitrogens with zero attached hydrogens (tertiary/aromatic N) is 1. The topological polar surface area (TPSA) is 29.5 Å². The number of rotatable bonds is 5. The summed E-state index contributed by atoms with van der Waals surface area (Å²) in [5, 5.41) is 0. The average Bonchev–Trinajstić information content (AvgIpc) is 2.50. The van der Waals surface area contributed by atoms with Crippen LogP contribution in [0.2, 0.25) is 0 Å². The number of halogens is 4. The molecule has 1 aromatic carbocycles. The molecule has 0 aromatic heterocycles. The van der Waals surface area contributed by atoms with E-state index in [0.29, 0.717) is 27.9 Å². The SMILES string of the molecule is C#CCOc1ccc(C2=[C-]CC(I)C(=O)N2CC(F)F)c(Br)c1.[Y]. The summed E-state index contributed by atoms with van der Waals surface area (Å²) in [4.78, 5) is 13.3. The molecule has 1 atom stereocenters. The van der Waals surface area contributed by atoms with Crippen LogP contribution in [0.25, 0.3) is 5.70 Å². The number of terminal acetylenes is 1. The van der Waals surface area contributed by atoms with E-state index in [9.17, 15) is 13.6 Å². The molecule has 0 bridgehead atoms. The second kappa shape index (κ2) is 10.2. The van der Waals surface area contributed by atoms with Crippen molar-refractivity contribution in [3.05, 3.63) is 34.3 Å². The third kappa shape index (κ3) is 5.48. The molecule has 1 aliphatic rings. The maximum atomic E-state index is 12.8. The Labute approximate surface area is 186 Å². The first-order valence-electron chi connectivity index (χ1n) is 6.64. The first-order valence-corrected chi connectivity index (χ1v) is 8.68. The summed E-state index contributed by atoms with van der Waals surface area (Å²) in [6.45, 7) is -0.518. The van der Waals surface area contributed by atoms with Gasteiger partial charge in [0.25, 0.3) is 6.43 Å². The van der Waals surface area contributed by atoms with Gasteiger partial charge in [0, 0.05) is 32.7 Å². The summed E-state index contributed by atoms with van der Waals surface area (Å²) >= 11 is 5.32. The Bertz CT molecular complexity index is 679. The van der Waals surface area contributed by atoms with E-state index in [1.807, 2.05) is 22.6 Å². The zero-order valence-electron chi connectivity index (χ0n) is 12.4. The first kappa shape index (κ1) is 22.0. The van der Waals surface area contributed by atoms with Gasteiger partial charge in [-0.15, -0.1) is 23.8 Å². The number of carbonyl (C=O) groups excluding carboxylic acids is 1. The van der Waals surface area contributed by atoms with Gasteiger partial charge in [0.05, 0.1) is 10.5 Å². The molecule has 0 spiro atoms. The van der Waals surface area contributed by atoms with Crippen molar-refractivity contribution in [2.45, 2.75) is 16.8 Å². The van der Waals surface area contributed by atoms with Gasteiger partial charge in [0.15, 0.2) is 0 Å². The summed E-state index contributed by atoms with van der Waals surface area (Å²) in [5.41, 5.74) is 0.967. The van der Waals surface area contributed by atoms with Crippen molar-refractivity contribution >= 4 is 50.1 Å². The molecule has 0 aliphatic carbocycles. The van der Waals surface area contributed by atoms with Gasteiger partial charge < -0.3 is 9.64 Å². The quantitative estimate of drug-likeness (QED) is 0.228. The van der Waals surface area contributed by atoms with Gasteiger partial charge in [-0.25, -0.2) is 14.9 Å². The number of ether oxygens (including phenoxy) is 1. The fourth-order valence-electron chi connectivity index (χ4n) is 2.11. The Morgan fingerprint density at radius 1 is 1.54 bits per heavy atom. The molecule has 2 rings (SSSR count). The Hall–Kier alpha value is -0.0361. The van der Waals surface area contributed by atoms with Crippen LogP contribution < -0.4 is 4.74 Å². The minimum Gasteiger partial charge on any atom is -0.481 e. The fraction of sp³-hybridized carbons (Fsp3) is 0.312. The van der Waals surface area contributed by atoms with Crippen molar-refractivity contribution in [1.82, 2.24) is 4.90 Å². The number of amides is 1. The van der Waals surface area contributed by atoms with Gasteiger partial charge in [0.1, 0.15) is 12.4 Å². The molecule has 24 heavy (non-hydrogen) atoms. The van der Waals surface area contributed by atoms with Crippen LogP contribution in [0.4, 0.5) is 8.78 Å². The Morgan fingerprint density at radius 2 is 2.25 bits per heavy atom. The zero-order valence-corrected chi connectivity index (χ0v) is 19.0. The van der Waals surface area contributed by atoms with Crippen molar-refractivity contribution in [2.75, 3.05) is 13.2 Å². The zero-order chi connectivity index (χ0) is 17.0. The summed E-state index contributed by atoms with van der Waals surface area (Å²) in [5.74, 6) is 2.58. The van der Waals surface area contributed by atoms with E-state index >= 15 is 0 Å². The molecule has 1 heterocycles. The predicted octanol–water partition coefficient (Wildman–Crippen LogP) is 3.90. The predicted molar refractivity (Wildman–Crippen MR) is 95.3 cm³/mol. The van der Waals surface area contributed by atoms with Crippen LogP contribution in [-0.4, -0.2) is 34.3 Å². The van der Waals surface area contributed by atoms with Crippen LogP contribution in [0.15, 0.2) is 22.7 Å². The number of allylic oxidation sites excluding steroid dienone is 1. The van der Waals surface area contributed by atoms with Crippen LogP contribution in [-0.2, 0) is 37.5 Å². The molecule has 125 valence electrons. The molecule has 1 aliphatic heterocycles. The Balaban J connectivity index is 0.00000288. The number of hydrogen-bond donors (Lipinski definition) is 0. The maximum Gasteiger partial charge on any atom is 0.256 e. The third-order valence-corrected chi connectivity index (χ3v) is 4.72. The molecule has 1 radical (unpaired) electrons. The van der Waals surface area contributed by atoms with Crippen LogP contribution in [0, 0.1) is 18.4 Å². The summed E-state index contributed by atoms with van der Waals surface area (Å²) < 4.78 is 31.2. The summed E-state index contributed by atoms with van der Waals surface area (Å²) in [7, 11) is 0. The third-order valence-electron chi connectivity index (χ3n) is 3.09. The Kier molecular flexibility index (Phi) is 9.35. The second-order valence-corrected chi connectivity index (χ2v) is 7.03. The van der Waals surface area contributed by atoms with Crippen LogP contribution in [0.5, 0.6) is 5.75 Å². The van der Waals surface area contributed by atoms with E-state index in [-0.39, 0.29) is 49.1 Å². The van der Waals surface area contributed by atoms with E-state index in [0.717, 1.165) is 4.90 Å². The summed E-state index contributed by atoms with van der Waals surface area (Å²) in [6, 6.07) is 5.05. The average molecular weight is 584 g/mol. The van der Waals surface area contributed by atoms with Gasteiger partial charge in [-0.3, -0.25) is 4.79 Å². The molecule has 0 fully saturated rings. The molecule has 3 nitrogen and oxygen atoms in total. The van der Waals surface area contributed by atoms with Gasteiger partial charge in [-0.2, -0.15) is 0 Å². The van der Waals surface area contributed by atoms with Crippen LogP contribution in [0.3, 0.4) is 0 Å². The molecule has 8 heteroatoms. The van der Waals surface area contributed by atoms with Gasteiger partial charge in [-0.1, -0.05) is 55.3 Å². The van der Waals surface area contributed by atoms with E-state index < -0.39 is 13.0 Å². The molecule has 0 saturated carbocycles. The van der Waals surface area contributed by atoms with Crippen molar-refractivity contribution in [2.24, 2.45) is 0 Å². The largest absolute Gasteiger partial charge is 0.481 e. The normalized spacial score (nSPS) is 17.2. The fourth-order valence-corrected chi connectivity index (χ4v) is 3.21. The molecule has 1 unspecified atom stereocenters. The molecule has 0 N–H and O–H groups in total. The van der Waals surface area contributed by atoms with E-state index in [1.54, 1.807) is 18.2 Å². The minimum absolute atomic E-state index is 0. The molecular weight excluding hydrogens is 572 g/mol. The van der Waals surface area contributed by atoms with E-state index in [2.05, 4.69) is 27.9 Å². The molecular formula is C16H12BrF2INO2Y-. The molecule has 0 saturated heterocycles. The van der Waals surface area contributed by atoms with Crippen molar-refractivity contribution in [3.63, 3.8) is 0 Å². The standard InChI is InChI=1S/C16H12BrF2INO2.Y/c1-2-7-23-10-3-4-11(12(17)8-10)14-6-5-13(20)16(22)21(14)9-15(18)19;/h1,3-4,8,13,15H,5,7,9H2;/q-1;. The monoisotopic (exact) mass is 583 g/mol. The number of hydrogen-bond acceptors (Lipinski definition) is 2. The van der Waals surface area contributed by atoms with Crippen molar-refractivity contribution < 1.29 is 51.0 Å². The Morgan fingerprint density at radius 3 is 2.83 bits per heavy atom. The number of carbonyl (C=O) groups is 1. The van der Waals surface area contributed by atoms with E-state index in [1.165, 1.54) is 0 Å². The second-order valence-electron chi connectivity index (χ2n) is 4.67. The van der Waals surface area contributed by atoms with E-state index in [4.69, 9.17) is 11.2 Å². The van der Waals surface area contributed by atoms with Gasteiger partial charge in [0.2, 0.25) is 5.91 Å². The first-order chi connectivity index (χ1) is 10.9. The van der Waals surface area contributed by atoms with Gasteiger partial charge in [-0.05, 0) is 12.1 Å². The van der Waals surface area contributed by atoms with Gasteiger partial charge >= 0.3 is 0 Å². The summed E-state index contributed by atoms with van der Waals surface area (Å²) in [6.07, 6.45) is 5.96. The smallest absolute Gasteiger partial charge is 0.256 e. The maximum absolute atomic E-state index is 12.8.